The highest BCUT2D eigenvalue weighted by molar-refractivity contribution is 6.22. The fourth-order valence-electron chi connectivity index (χ4n) is 5.57. The van der Waals surface area contributed by atoms with Crippen LogP contribution in [-0.4, -0.2) is 11.8 Å². The Labute approximate surface area is 128 Å². The summed E-state index contributed by atoms with van der Waals surface area (Å²) in [6.07, 6.45) is 3.33. The summed E-state index contributed by atoms with van der Waals surface area (Å²) in [4.78, 5) is 27.0. The summed E-state index contributed by atoms with van der Waals surface area (Å²) in [5, 5.41) is 0. The minimum Gasteiger partial charge on any atom is -0.274 e. The van der Waals surface area contributed by atoms with Crippen LogP contribution in [-0.2, 0) is 9.59 Å². The standard InChI is InChI=1S/C18H18FNO2/c1-8-2-5-13(19)14(6-8)20-17(21)15-9-3-4-10(12-7-11(9)12)16(15)18(20)22/h2,5-6,9-12,15-16H,3-4,7H2,1H3. The predicted octanol–water partition coefficient (Wildman–Crippen LogP) is 2.92. The Morgan fingerprint density at radius 1 is 1.00 bits per heavy atom. The molecule has 0 N–H and O–H groups in total. The van der Waals surface area contributed by atoms with Gasteiger partial charge in [0.2, 0.25) is 11.8 Å². The minimum absolute atomic E-state index is 0.150. The Balaban J connectivity index is 1.60. The van der Waals surface area contributed by atoms with Gasteiger partial charge in [0.1, 0.15) is 5.82 Å². The molecule has 1 aromatic rings. The molecule has 1 aromatic carbocycles. The van der Waals surface area contributed by atoms with Crippen LogP contribution in [0, 0.1) is 48.2 Å². The molecule has 0 aromatic heterocycles. The Kier molecular flexibility index (Phi) is 2.31. The first-order chi connectivity index (χ1) is 10.6. The number of imide groups is 1. The molecule has 1 aliphatic heterocycles. The van der Waals surface area contributed by atoms with E-state index in [4.69, 9.17) is 0 Å². The molecule has 5 aliphatic rings. The van der Waals surface area contributed by atoms with E-state index in [1.807, 2.05) is 6.92 Å². The van der Waals surface area contributed by atoms with Crippen molar-refractivity contribution in [1.82, 2.24) is 0 Å². The van der Waals surface area contributed by atoms with E-state index in [-0.39, 0.29) is 29.3 Å². The van der Waals surface area contributed by atoms with E-state index in [0.29, 0.717) is 23.7 Å². The van der Waals surface area contributed by atoms with Crippen molar-refractivity contribution in [2.45, 2.75) is 26.2 Å². The Morgan fingerprint density at radius 2 is 1.59 bits per heavy atom. The summed E-state index contributed by atoms with van der Waals surface area (Å²) in [7, 11) is 0. The smallest absolute Gasteiger partial charge is 0.238 e. The highest BCUT2D eigenvalue weighted by atomic mass is 19.1. The number of hydrogen-bond donors (Lipinski definition) is 0. The van der Waals surface area contributed by atoms with Crippen LogP contribution in [0.1, 0.15) is 24.8 Å². The molecule has 4 aliphatic carbocycles. The van der Waals surface area contributed by atoms with E-state index < -0.39 is 5.82 Å². The topological polar surface area (TPSA) is 37.4 Å². The molecule has 4 saturated carbocycles. The lowest BCUT2D eigenvalue weighted by molar-refractivity contribution is -0.129. The van der Waals surface area contributed by atoms with Gasteiger partial charge in [-0.15, -0.1) is 0 Å². The molecule has 6 atom stereocenters. The van der Waals surface area contributed by atoms with Crippen LogP contribution < -0.4 is 4.90 Å². The molecule has 2 bridgehead atoms. The number of carbonyl (C=O) groups excluding carboxylic acids is 2. The summed E-state index contributed by atoms with van der Waals surface area (Å²) in [5.41, 5.74) is 1.01. The molecule has 1 heterocycles. The van der Waals surface area contributed by atoms with Gasteiger partial charge in [-0.3, -0.25) is 9.59 Å². The Morgan fingerprint density at radius 3 is 2.18 bits per heavy atom. The summed E-state index contributed by atoms with van der Waals surface area (Å²) in [6.45, 7) is 1.85. The summed E-state index contributed by atoms with van der Waals surface area (Å²) in [6, 6.07) is 4.63. The number of hydrogen-bond acceptors (Lipinski definition) is 2. The Bertz CT molecular complexity index is 681. The average molecular weight is 299 g/mol. The molecule has 6 rings (SSSR count). The summed E-state index contributed by atoms with van der Waals surface area (Å²) >= 11 is 0. The van der Waals surface area contributed by atoms with Gasteiger partial charge in [-0.25, -0.2) is 9.29 Å². The second-order valence-electron chi connectivity index (χ2n) is 7.49. The van der Waals surface area contributed by atoms with Crippen molar-refractivity contribution < 1.29 is 14.0 Å². The maximum absolute atomic E-state index is 14.2. The third kappa shape index (κ3) is 1.41. The fourth-order valence-corrected chi connectivity index (χ4v) is 5.57. The van der Waals surface area contributed by atoms with Gasteiger partial charge in [0.05, 0.1) is 17.5 Å². The van der Waals surface area contributed by atoms with Crippen molar-refractivity contribution in [3.05, 3.63) is 29.6 Å². The number of nitrogens with zero attached hydrogens (tertiary/aromatic N) is 1. The van der Waals surface area contributed by atoms with Crippen molar-refractivity contribution >= 4 is 17.5 Å². The molecular formula is C18H18FNO2. The van der Waals surface area contributed by atoms with E-state index in [2.05, 4.69) is 0 Å². The molecule has 6 unspecified atom stereocenters. The average Bonchev–Trinajstić information content (AvgIpc) is 3.28. The van der Waals surface area contributed by atoms with E-state index in [9.17, 15) is 14.0 Å². The zero-order chi connectivity index (χ0) is 15.2. The first-order valence-corrected chi connectivity index (χ1v) is 8.22. The first-order valence-electron chi connectivity index (χ1n) is 8.22. The number of aryl methyl sites for hydroxylation is 1. The monoisotopic (exact) mass is 299 g/mol. The number of anilines is 1. The second kappa shape index (κ2) is 3.98. The number of carbonyl (C=O) groups is 2. The van der Waals surface area contributed by atoms with Gasteiger partial charge >= 0.3 is 0 Å². The van der Waals surface area contributed by atoms with Crippen molar-refractivity contribution in [2.24, 2.45) is 35.5 Å². The van der Waals surface area contributed by atoms with Gasteiger partial charge in [0.15, 0.2) is 0 Å². The highest BCUT2D eigenvalue weighted by Gasteiger charge is 2.68. The molecule has 4 heteroatoms. The van der Waals surface area contributed by atoms with Crippen LogP contribution in [0.15, 0.2) is 18.2 Å². The zero-order valence-electron chi connectivity index (χ0n) is 12.5. The van der Waals surface area contributed by atoms with Crippen LogP contribution in [0.5, 0.6) is 0 Å². The largest absolute Gasteiger partial charge is 0.274 e. The number of fused-ring (bicyclic) bond motifs is 1. The molecule has 0 radical (unpaired) electrons. The van der Waals surface area contributed by atoms with Crippen molar-refractivity contribution in [1.29, 1.82) is 0 Å². The van der Waals surface area contributed by atoms with Crippen LogP contribution >= 0.6 is 0 Å². The van der Waals surface area contributed by atoms with Gasteiger partial charge in [-0.05, 0) is 67.6 Å². The number of benzene rings is 1. The second-order valence-corrected chi connectivity index (χ2v) is 7.49. The van der Waals surface area contributed by atoms with Gasteiger partial charge in [-0.1, -0.05) is 6.07 Å². The van der Waals surface area contributed by atoms with E-state index in [0.717, 1.165) is 23.3 Å². The molecule has 1 saturated heterocycles. The van der Waals surface area contributed by atoms with Crippen LogP contribution in [0.2, 0.25) is 0 Å². The van der Waals surface area contributed by atoms with Gasteiger partial charge < -0.3 is 0 Å². The lowest BCUT2D eigenvalue weighted by Gasteiger charge is -2.42. The highest BCUT2D eigenvalue weighted by Crippen LogP contribution is 2.68. The van der Waals surface area contributed by atoms with Crippen LogP contribution in [0.25, 0.3) is 0 Å². The van der Waals surface area contributed by atoms with Gasteiger partial charge in [0.25, 0.3) is 0 Å². The van der Waals surface area contributed by atoms with Crippen molar-refractivity contribution in [2.75, 3.05) is 4.90 Å². The maximum Gasteiger partial charge on any atom is 0.238 e. The van der Waals surface area contributed by atoms with E-state index >= 15 is 0 Å². The first kappa shape index (κ1) is 12.8. The van der Waals surface area contributed by atoms with Crippen LogP contribution in [0.4, 0.5) is 10.1 Å². The van der Waals surface area contributed by atoms with Crippen LogP contribution in [0.3, 0.4) is 0 Å². The number of amides is 2. The molecule has 114 valence electrons. The Hall–Kier alpha value is -1.71. The normalized spacial score (nSPS) is 41.6. The number of rotatable bonds is 1. The molecule has 2 amide bonds. The molecule has 0 spiro atoms. The lowest BCUT2D eigenvalue weighted by Crippen LogP contribution is -2.43. The molecule has 3 nitrogen and oxygen atoms in total. The quantitative estimate of drug-likeness (QED) is 0.748. The van der Waals surface area contributed by atoms with Crippen molar-refractivity contribution in [3.8, 4) is 0 Å². The van der Waals surface area contributed by atoms with E-state index in [1.165, 1.54) is 12.5 Å². The summed E-state index contributed by atoms with van der Waals surface area (Å²) < 4.78 is 14.2. The maximum atomic E-state index is 14.2. The zero-order valence-corrected chi connectivity index (χ0v) is 12.5. The molecule has 5 fully saturated rings. The molecule has 22 heavy (non-hydrogen) atoms. The van der Waals surface area contributed by atoms with E-state index in [1.54, 1.807) is 12.1 Å². The third-order valence-corrected chi connectivity index (χ3v) is 6.49. The lowest BCUT2D eigenvalue weighted by atomic mass is 9.59. The van der Waals surface area contributed by atoms with Gasteiger partial charge in [0, 0.05) is 0 Å². The molecular weight excluding hydrogens is 281 g/mol. The SMILES string of the molecule is Cc1ccc(F)c(N2C(=O)C3C4CCC(C5CC54)C3C2=O)c1. The van der Waals surface area contributed by atoms with Crippen molar-refractivity contribution in [3.63, 3.8) is 0 Å². The summed E-state index contributed by atoms with van der Waals surface area (Å²) in [5.74, 6) is 0.856. The predicted molar refractivity (Wildman–Crippen MR) is 78.4 cm³/mol. The minimum atomic E-state index is -0.483. The third-order valence-electron chi connectivity index (χ3n) is 6.49. The fraction of sp³-hybridized carbons (Fsp3) is 0.556. The van der Waals surface area contributed by atoms with Gasteiger partial charge in [-0.2, -0.15) is 0 Å². The number of halogens is 1.